The second-order valence-electron chi connectivity index (χ2n) is 6.28. The Morgan fingerprint density at radius 3 is 2.71 bits per heavy atom. The van der Waals surface area contributed by atoms with Gasteiger partial charge in [-0.2, -0.15) is 0 Å². The fraction of sp³-hybridized carbons (Fsp3) is 0.444. The first-order chi connectivity index (χ1) is 10.1. The van der Waals surface area contributed by atoms with Crippen LogP contribution in [0.25, 0.3) is 10.8 Å². The van der Waals surface area contributed by atoms with E-state index in [1.54, 1.807) is 0 Å². The molecule has 0 aliphatic carbocycles. The van der Waals surface area contributed by atoms with Crippen LogP contribution >= 0.6 is 15.9 Å². The maximum absolute atomic E-state index is 3.68. The smallest absolute Gasteiger partial charge is 0.0373 e. The zero-order valence-electron chi connectivity index (χ0n) is 12.8. The summed E-state index contributed by atoms with van der Waals surface area (Å²) in [5, 5.41) is 6.29. The summed E-state index contributed by atoms with van der Waals surface area (Å²) in [5.41, 5.74) is 1.35. The monoisotopic (exact) mass is 346 g/mol. The Labute approximate surface area is 135 Å². The van der Waals surface area contributed by atoms with Crippen LogP contribution in [0.5, 0.6) is 0 Å². The molecule has 2 aromatic rings. The number of halogens is 1. The molecule has 1 unspecified atom stereocenters. The maximum Gasteiger partial charge on any atom is 0.0373 e. The van der Waals surface area contributed by atoms with E-state index in [1.807, 2.05) is 0 Å². The molecule has 3 heteroatoms. The third kappa shape index (κ3) is 3.58. The van der Waals surface area contributed by atoms with E-state index in [9.17, 15) is 0 Å². The Morgan fingerprint density at radius 1 is 1.14 bits per heavy atom. The molecule has 2 aromatic carbocycles. The lowest BCUT2D eigenvalue weighted by molar-refractivity contribution is 0.395. The number of fused-ring (bicyclic) bond motifs is 1. The molecule has 1 N–H and O–H groups in total. The van der Waals surface area contributed by atoms with Crippen LogP contribution in [0.1, 0.15) is 26.7 Å². The average molecular weight is 347 g/mol. The summed E-state index contributed by atoms with van der Waals surface area (Å²) in [4.78, 5) is 2.52. The highest BCUT2D eigenvalue weighted by Crippen LogP contribution is 2.27. The van der Waals surface area contributed by atoms with Crippen molar-refractivity contribution < 1.29 is 0 Å². The first-order valence-electron chi connectivity index (χ1n) is 7.82. The molecule has 0 aromatic heterocycles. The maximum atomic E-state index is 3.68. The van der Waals surface area contributed by atoms with E-state index in [-0.39, 0.29) is 0 Å². The van der Waals surface area contributed by atoms with Crippen LogP contribution in [0, 0.1) is 0 Å². The number of rotatable bonds is 3. The molecule has 21 heavy (non-hydrogen) atoms. The zero-order valence-corrected chi connectivity index (χ0v) is 14.4. The van der Waals surface area contributed by atoms with Crippen molar-refractivity contribution in [1.29, 1.82) is 0 Å². The number of hydrogen-bond donors (Lipinski definition) is 1. The first-order valence-corrected chi connectivity index (χ1v) is 8.61. The zero-order chi connectivity index (χ0) is 14.8. The second kappa shape index (κ2) is 6.37. The van der Waals surface area contributed by atoms with Gasteiger partial charge >= 0.3 is 0 Å². The van der Waals surface area contributed by atoms with Gasteiger partial charge in [-0.1, -0.05) is 41.9 Å². The van der Waals surface area contributed by atoms with Crippen LogP contribution in [-0.4, -0.2) is 25.2 Å². The Morgan fingerprint density at radius 2 is 1.90 bits per heavy atom. The van der Waals surface area contributed by atoms with Gasteiger partial charge in [-0.05, 0) is 47.9 Å². The van der Waals surface area contributed by atoms with Gasteiger partial charge in [0.05, 0.1) is 0 Å². The summed E-state index contributed by atoms with van der Waals surface area (Å²) >= 11 is 3.54. The van der Waals surface area contributed by atoms with Gasteiger partial charge in [0, 0.05) is 35.3 Å². The Balaban J connectivity index is 1.81. The number of nitrogens with zero attached hydrogens (tertiary/aromatic N) is 1. The minimum absolute atomic E-state index is 0.559. The van der Waals surface area contributed by atoms with Crippen LogP contribution in [0.2, 0.25) is 0 Å². The van der Waals surface area contributed by atoms with Gasteiger partial charge in [-0.15, -0.1) is 0 Å². The molecule has 1 saturated heterocycles. The van der Waals surface area contributed by atoms with Crippen molar-refractivity contribution >= 4 is 32.4 Å². The van der Waals surface area contributed by atoms with E-state index in [2.05, 4.69) is 76.4 Å². The molecule has 0 bridgehead atoms. The van der Waals surface area contributed by atoms with Crippen molar-refractivity contribution in [2.45, 2.75) is 38.8 Å². The molecule has 1 fully saturated rings. The van der Waals surface area contributed by atoms with E-state index in [1.165, 1.54) is 29.3 Å². The lowest BCUT2D eigenvalue weighted by Crippen LogP contribution is -2.47. The summed E-state index contributed by atoms with van der Waals surface area (Å²) in [5.74, 6) is 0. The highest BCUT2D eigenvalue weighted by atomic mass is 79.9. The van der Waals surface area contributed by atoms with Crippen LogP contribution in [0.15, 0.2) is 40.9 Å². The molecule has 0 saturated carbocycles. The number of anilines is 1. The quantitative estimate of drug-likeness (QED) is 0.875. The third-order valence-electron chi connectivity index (χ3n) is 4.14. The lowest BCUT2D eigenvalue weighted by atomic mass is 10.0. The van der Waals surface area contributed by atoms with Crippen LogP contribution < -0.4 is 10.2 Å². The minimum atomic E-state index is 0.559. The Kier molecular flexibility index (Phi) is 4.51. The lowest BCUT2D eigenvalue weighted by Gasteiger charge is -2.36. The largest absolute Gasteiger partial charge is 0.370 e. The molecule has 1 atom stereocenters. The summed E-state index contributed by atoms with van der Waals surface area (Å²) in [6.45, 7) is 6.73. The van der Waals surface area contributed by atoms with Gasteiger partial charge in [0.1, 0.15) is 0 Å². The molecule has 1 heterocycles. The van der Waals surface area contributed by atoms with Gasteiger partial charge in [-0.3, -0.25) is 0 Å². The number of benzene rings is 2. The summed E-state index contributed by atoms with van der Waals surface area (Å²) < 4.78 is 1.14. The van der Waals surface area contributed by atoms with E-state index >= 15 is 0 Å². The standard InChI is InChI=1S/C18H23BrN2/c1-13(2)20-17-4-3-9-21(12-17)18-8-6-14-10-16(19)7-5-15(14)11-18/h5-8,10-11,13,17,20H,3-4,9,12H2,1-2H3. The third-order valence-corrected chi connectivity index (χ3v) is 4.63. The molecule has 3 rings (SSSR count). The van der Waals surface area contributed by atoms with Crippen LogP contribution in [-0.2, 0) is 0 Å². The van der Waals surface area contributed by atoms with Crippen molar-refractivity contribution in [2.24, 2.45) is 0 Å². The molecule has 2 nitrogen and oxygen atoms in total. The van der Waals surface area contributed by atoms with Crippen molar-refractivity contribution in [2.75, 3.05) is 18.0 Å². The van der Waals surface area contributed by atoms with Crippen molar-refractivity contribution in [1.82, 2.24) is 5.32 Å². The summed E-state index contributed by atoms with van der Waals surface area (Å²) in [6.07, 6.45) is 2.55. The van der Waals surface area contributed by atoms with Gasteiger partial charge in [0.25, 0.3) is 0 Å². The van der Waals surface area contributed by atoms with Crippen LogP contribution in [0.4, 0.5) is 5.69 Å². The number of piperidine rings is 1. The van der Waals surface area contributed by atoms with Crippen molar-refractivity contribution in [3.8, 4) is 0 Å². The van der Waals surface area contributed by atoms with Crippen molar-refractivity contribution in [3.63, 3.8) is 0 Å². The molecular weight excluding hydrogens is 324 g/mol. The molecule has 0 radical (unpaired) electrons. The van der Waals surface area contributed by atoms with E-state index < -0.39 is 0 Å². The van der Waals surface area contributed by atoms with Crippen LogP contribution in [0.3, 0.4) is 0 Å². The van der Waals surface area contributed by atoms with E-state index in [0.717, 1.165) is 17.6 Å². The molecule has 1 aliphatic heterocycles. The predicted octanol–water partition coefficient (Wildman–Crippen LogP) is 4.57. The topological polar surface area (TPSA) is 15.3 Å². The highest BCUT2D eigenvalue weighted by Gasteiger charge is 2.20. The highest BCUT2D eigenvalue weighted by molar-refractivity contribution is 9.10. The molecule has 0 amide bonds. The van der Waals surface area contributed by atoms with Gasteiger partial charge < -0.3 is 10.2 Å². The molecule has 112 valence electrons. The number of hydrogen-bond acceptors (Lipinski definition) is 2. The first kappa shape index (κ1) is 14.9. The normalized spacial score (nSPS) is 19.4. The van der Waals surface area contributed by atoms with Gasteiger partial charge in [-0.25, -0.2) is 0 Å². The predicted molar refractivity (Wildman–Crippen MR) is 95.2 cm³/mol. The van der Waals surface area contributed by atoms with Gasteiger partial charge in [0.2, 0.25) is 0 Å². The van der Waals surface area contributed by atoms with Crippen molar-refractivity contribution in [3.05, 3.63) is 40.9 Å². The number of nitrogens with one attached hydrogen (secondary N) is 1. The molecular formula is C18H23BrN2. The summed E-state index contributed by atoms with van der Waals surface area (Å²) in [6, 6.07) is 14.5. The molecule has 1 aliphatic rings. The van der Waals surface area contributed by atoms with Gasteiger partial charge in [0.15, 0.2) is 0 Å². The summed E-state index contributed by atoms with van der Waals surface area (Å²) in [7, 11) is 0. The Hall–Kier alpha value is -1.06. The fourth-order valence-electron chi connectivity index (χ4n) is 3.22. The SMILES string of the molecule is CC(C)NC1CCCN(c2ccc3cc(Br)ccc3c2)C1. The minimum Gasteiger partial charge on any atom is -0.370 e. The fourth-order valence-corrected chi connectivity index (χ4v) is 3.60. The Bertz CT molecular complexity index is 624. The molecule has 0 spiro atoms. The van der Waals surface area contributed by atoms with E-state index in [4.69, 9.17) is 0 Å². The second-order valence-corrected chi connectivity index (χ2v) is 7.20. The average Bonchev–Trinajstić information content (AvgIpc) is 2.46. The van der Waals surface area contributed by atoms with E-state index in [0.29, 0.717) is 12.1 Å².